The van der Waals surface area contributed by atoms with Crippen LogP contribution in [0.1, 0.15) is 26.0 Å². The monoisotopic (exact) mass is 528 g/mol. The van der Waals surface area contributed by atoms with Crippen LogP contribution in [-0.4, -0.2) is 50.9 Å². The number of methoxy groups -OCH3 is 1. The molecule has 1 saturated heterocycles. The average molecular weight is 528 g/mol. The molecule has 2 heterocycles. The molecule has 1 aromatic carbocycles. The number of hydrogen-bond donors (Lipinski definition) is 3. The van der Waals surface area contributed by atoms with Crippen LogP contribution in [0.4, 0.5) is 5.69 Å². The molecule has 3 rings (SSSR count). The summed E-state index contributed by atoms with van der Waals surface area (Å²) in [5.41, 5.74) is 0.00688. The minimum Gasteiger partial charge on any atom is -0.495 e. The fourth-order valence-electron chi connectivity index (χ4n) is 3.59. The van der Waals surface area contributed by atoms with Crippen LogP contribution >= 0.6 is 24.0 Å². The molecule has 8 heteroatoms. The number of anilines is 1. The lowest BCUT2D eigenvalue weighted by molar-refractivity contribution is 0.0437. The van der Waals surface area contributed by atoms with Crippen LogP contribution < -0.4 is 20.3 Å². The molecule has 7 nitrogen and oxygen atoms in total. The van der Waals surface area contributed by atoms with Crippen molar-refractivity contribution in [2.75, 3.05) is 44.7 Å². The second kappa shape index (κ2) is 11.5. The van der Waals surface area contributed by atoms with Gasteiger partial charge in [-0.3, -0.25) is 0 Å². The molecule has 0 spiro atoms. The quantitative estimate of drug-likeness (QED) is 0.278. The Kier molecular flexibility index (Phi) is 9.29. The summed E-state index contributed by atoms with van der Waals surface area (Å²) in [6, 6.07) is 11.7. The molecule has 1 fully saturated rings. The third-order valence-corrected chi connectivity index (χ3v) is 5.21. The maximum Gasteiger partial charge on any atom is 0.191 e. The first kappa shape index (κ1) is 24.3. The highest BCUT2D eigenvalue weighted by molar-refractivity contribution is 14.0. The molecular formula is C22H33IN4O3. The lowest BCUT2D eigenvalue weighted by Gasteiger charge is -2.22. The van der Waals surface area contributed by atoms with Crippen molar-refractivity contribution >= 4 is 35.6 Å². The molecule has 2 atom stereocenters. The zero-order chi connectivity index (χ0) is 20.7. The van der Waals surface area contributed by atoms with Crippen LogP contribution in [0.15, 0.2) is 52.1 Å². The number of aliphatic imine (C=N–C) groups is 1. The van der Waals surface area contributed by atoms with Gasteiger partial charge in [0.15, 0.2) is 5.96 Å². The molecule has 0 amide bonds. The van der Waals surface area contributed by atoms with E-state index < -0.39 is 5.60 Å². The van der Waals surface area contributed by atoms with Crippen LogP contribution in [0.3, 0.4) is 0 Å². The molecule has 2 unspecified atom stereocenters. The van der Waals surface area contributed by atoms with Gasteiger partial charge >= 0.3 is 0 Å². The Labute approximate surface area is 195 Å². The molecule has 0 aliphatic carbocycles. The van der Waals surface area contributed by atoms with E-state index in [1.54, 1.807) is 32.4 Å². The van der Waals surface area contributed by atoms with E-state index in [9.17, 15) is 5.11 Å². The number of aliphatic hydroxyl groups is 1. The zero-order valence-corrected chi connectivity index (χ0v) is 20.3. The first-order valence-corrected chi connectivity index (χ1v) is 10.2. The van der Waals surface area contributed by atoms with E-state index in [4.69, 9.17) is 9.15 Å². The molecule has 1 aliphatic rings. The Bertz CT molecular complexity index is 795. The number of guanidine groups is 1. The molecule has 3 N–H and O–H groups in total. The van der Waals surface area contributed by atoms with Crippen LogP contribution in [0.2, 0.25) is 0 Å². The van der Waals surface area contributed by atoms with Gasteiger partial charge in [0, 0.05) is 26.2 Å². The van der Waals surface area contributed by atoms with Crippen molar-refractivity contribution in [2.24, 2.45) is 10.9 Å². The summed E-state index contributed by atoms with van der Waals surface area (Å²) >= 11 is 0. The van der Waals surface area contributed by atoms with E-state index in [1.807, 2.05) is 25.1 Å². The van der Waals surface area contributed by atoms with Crippen LogP contribution in [0.5, 0.6) is 5.75 Å². The van der Waals surface area contributed by atoms with Crippen molar-refractivity contribution < 1.29 is 14.3 Å². The number of rotatable bonds is 8. The summed E-state index contributed by atoms with van der Waals surface area (Å²) < 4.78 is 10.8. The van der Waals surface area contributed by atoms with E-state index in [0.717, 1.165) is 44.0 Å². The fourth-order valence-corrected chi connectivity index (χ4v) is 3.59. The van der Waals surface area contributed by atoms with Gasteiger partial charge in [0.1, 0.15) is 17.1 Å². The van der Waals surface area contributed by atoms with Gasteiger partial charge in [0.2, 0.25) is 0 Å². The molecule has 2 aromatic rings. The predicted octanol–water partition coefficient (Wildman–Crippen LogP) is 3.20. The Morgan fingerprint density at radius 3 is 2.80 bits per heavy atom. The van der Waals surface area contributed by atoms with Crippen molar-refractivity contribution in [1.29, 1.82) is 0 Å². The minimum atomic E-state index is -1.14. The summed E-state index contributed by atoms with van der Waals surface area (Å²) in [5.74, 6) is 2.64. The topological polar surface area (TPSA) is 82.3 Å². The number of ether oxygens (including phenoxy) is 1. The Hall–Kier alpha value is -1.94. The minimum absolute atomic E-state index is 0. The number of para-hydroxylation sites is 2. The molecule has 1 aliphatic heterocycles. The maximum absolute atomic E-state index is 10.6. The molecule has 1 aromatic heterocycles. The van der Waals surface area contributed by atoms with Crippen molar-refractivity contribution in [2.45, 2.75) is 25.9 Å². The van der Waals surface area contributed by atoms with Gasteiger partial charge in [-0.05, 0) is 50.5 Å². The number of nitrogens with zero attached hydrogens (tertiary/aromatic N) is 2. The summed E-state index contributed by atoms with van der Waals surface area (Å²) in [5, 5.41) is 17.3. The molecule has 0 bridgehead atoms. The average Bonchev–Trinajstić information content (AvgIpc) is 3.42. The number of furan rings is 1. The lowest BCUT2D eigenvalue weighted by atomic mass is 10.0. The standard InChI is InChI=1S/C22H32N4O3.HI/c1-4-23-21(25-16-22(2,27)20-10-7-13-29-20)24-14-17-11-12-26(15-17)18-8-5-6-9-19(18)28-3;/h5-10,13,17,27H,4,11-12,14-16H2,1-3H3,(H2,23,24,25);1H. The Morgan fingerprint density at radius 1 is 1.30 bits per heavy atom. The van der Waals surface area contributed by atoms with Gasteiger partial charge in [-0.1, -0.05) is 12.1 Å². The third-order valence-electron chi connectivity index (χ3n) is 5.21. The number of nitrogens with one attached hydrogen (secondary N) is 2. The first-order chi connectivity index (χ1) is 14.0. The summed E-state index contributed by atoms with van der Waals surface area (Å²) in [4.78, 5) is 6.93. The van der Waals surface area contributed by atoms with Gasteiger partial charge < -0.3 is 29.8 Å². The van der Waals surface area contributed by atoms with E-state index in [2.05, 4.69) is 26.6 Å². The van der Waals surface area contributed by atoms with Gasteiger partial charge in [-0.25, -0.2) is 4.99 Å². The van der Waals surface area contributed by atoms with Gasteiger partial charge in [-0.15, -0.1) is 24.0 Å². The highest BCUT2D eigenvalue weighted by Crippen LogP contribution is 2.31. The fraction of sp³-hybridized carbons (Fsp3) is 0.500. The van der Waals surface area contributed by atoms with Crippen molar-refractivity contribution in [1.82, 2.24) is 10.6 Å². The number of hydrogen-bond acceptors (Lipinski definition) is 5. The first-order valence-electron chi connectivity index (χ1n) is 10.2. The van der Waals surface area contributed by atoms with Crippen molar-refractivity contribution in [3.8, 4) is 5.75 Å². The maximum atomic E-state index is 10.6. The van der Waals surface area contributed by atoms with Gasteiger partial charge in [0.05, 0.1) is 25.6 Å². The van der Waals surface area contributed by atoms with Crippen molar-refractivity contribution in [3.63, 3.8) is 0 Å². The lowest BCUT2D eigenvalue weighted by Crippen LogP contribution is -2.41. The summed E-state index contributed by atoms with van der Waals surface area (Å²) in [6.45, 7) is 7.51. The number of halogens is 1. The Balaban J connectivity index is 0.00000320. The second-order valence-electron chi connectivity index (χ2n) is 7.60. The molecule has 0 radical (unpaired) electrons. The van der Waals surface area contributed by atoms with E-state index >= 15 is 0 Å². The molecule has 30 heavy (non-hydrogen) atoms. The largest absolute Gasteiger partial charge is 0.495 e. The van der Waals surface area contributed by atoms with Gasteiger partial charge in [0.25, 0.3) is 0 Å². The van der Waals surface area contributed by atoms with E-state index in [-0.39, 0.29) is 30.5 Å². The molecule has 166 valence electrons. The molecular weight excluding hydrogens is 495 g/mol. The SMILES string of the molecule is CCNC(=NCC(C)(O)c1ccco1)NCC1CCN(c2ccccc2OC)C1.I. The van der Waals surface area contributed by atoms with E-state index in [0.29, 0.717) is 17.6 Å². The van der Waals surface area contributed by atoms with Crippen molar-refractivity contribution in [3.05, 3.63) is 48.4 Å². The van der Waals surface area contributed by atoms with Crippen LogP contribution in [-0.2, 0) is 5.60 Å². The van der Waals surface area contributed by atoms with Crippen LogP contribution in [0.25, 0.3) is 0 Å². The smallest absolute Gasteiger partial charge is 0.191 e. The summed E-state index contributed by atoms with van der Waals surface area (Å²) in [6.07, 6.45) is 2.67. The van der Waals surface area contributed by atoms with Crippen LogP contribution in [0, 0.1) is 5.92 Å². The summed E-state index contributed by atoms with van der Waals surface area (Å²) in [7, 11) is 1.71. The zero-order valence-electron chi connectivity index (χ0n) is 17.9. The normalized spacial score (nSPS) is 18.5. The molecule has 0 saturated carbocycles. The third kappa shape index (κ3) is 6.28. The Morgan fingerprint density at radius 2 is 2.10 bits per heavy atom. The second-order valence-corrected chi connectivity index (χ2v) is 7.60. The highest BCUT2D eigenvalue weighted by atomic mass is 127. The number of benzene rings is 1. The van der Waals surface area contributed by atoms with Gasteiger partial charge in [-0.2, -0.15) is 0 Å². The predicted molar refractivity (Wildman–Crippen MR) is 131 cm³/mol. The highest BCUT2D eigenvalue weighted by Gasteiger charge is 2.27. The van der Waals surface area contributed by atoms with E-state index in [1.165, 1.54) is 0 Å².